The molecule has 4 aliphatic rings. The zero-order chi connectivity index (χ0) is 101. The Bertz CT molecular complexity index is 6930. The normalized spacial score (nSPS) is 21.6. The number of phosphoric acid groups is 9. The van der Waals surface area contributed by atoms with Crippen LogP contribution in [-0.2, 0) is 122 Å². The van der Waals surface area contributed by atoms with Crippen LogP contribution in [0.4, 0.5) is 23.1 Å². The number of rotatable bonds is 42. The van der Waals surface area contributed by atoms with Crippen LogP contribution in [-0.4, -0.2) is 271 Å². The molecule has 4 aliphatic heterocycles. The number of nitrogen functional groups attached to an aromatic ring is 1. The Hall–Kier alpha value is -10.4. The predicted octanol–water partition coefficient (Wildman–Crippen LogP) is -3.02. The first kappa shape index (κ1) is 108. The van der Waals surface area contributed by atoms with Crippen LogP contribution in [0.25, 0.3) is 51.6 Å². The summed E-state index contributed by atoms with van der Waals surface area (Å²) < 4.78 is 158. The van der Waals surface area contributed by atoms with E-state index in [0.717, 1.165) is 45.8 Å². The van der Waals surface area contributed by atoms with Crippen molar-refractivity contribution in [2.24, 2.45) is 4.99 Å². The van der Waals surface area contributed by atoms with Crippen LogP contribution in [0.3, 0.4) is 0 Å². The van der Waals surface area contributed by atoms with Gasteiger partial charge in [-0.05, 0) is 24.6 Å². The van der Waals surface area contributed by atoms with Crippen LogP contribution in [0.1, 0.15) is 72.6 Å². The number of nitrogens with two attached hydrogens (primary N) is 1. The number of aromatic nitrogens is 17. The minimum absolute atomic E-state index is 0.0794. The standard InChI is InChI=1S/C21H27N10O13P3.C21H27N6O16P3.C19H25N8O15P3/c22-18-16-11(1-2-14(33)23-3-4-24-19-17-20(27-8-25-17)29-10-28-19)6-31(21(16)30-9-26-18)15-5-12(32)13(42-15)7-41-46(37,38)44-47(39,40)43-45(34,35)36;28-13-8-17(41-14(13)10-40-45(36,37)43-46(38,39)42-44(33,34)35)27-9-11(19(30)26-21(27)32)3-4-16(29)22-6-1-2-15-24-12-5-7-23-18(12)20(31)25-15;28-11-5-14(40-12(11)7-39-44(35,36)42-45(37,38)41-43(32,33)34)27-6-10(18(30)26-19(27)31)1-2-13(29)20-3-4-21-16-15-17(23-8-22-15)25-9-24-16/h1-2,6,8-10,12-13,15,32H,3-5,7H2,(H,23,33)(H,37,38)(H,39,40)(H2,22,26,30)(H2,34,35,36)(H2,24,25,27,28,29);3-4,7,9,13-14,17,28H,1-2,5-6,8,10H2,(H,22,29)(H,36,37)(H,38,39)(H,24,25,31)(H,26,30,32)(H2,33,34,35);1-2,6,8-9,11-12,14,28H,3-5,7H2,(H,20,29)(H,35,36)(H,37,38)(H,26,30,31)(H2,32,33,34)(H2,21,22,23,24,25)/b2-1+;4-3+;2-1+/t12-,13-,15-;13-,14-,17-;11-,12-,14-/m111/s1. The van der Waals surface area contributed by atoms with Crippen LogP contribution in [0.5, 0.6) is 0 Å². The van der Waals surface area contributed by atoms with E-state index in [0.29, 0.717) is 82.2 Å². The van der Waals surface area contributed by atoms with Gasteiger partial charge in [0.1, 0.15) is 90.0 Å². The first-order valence-corrected chi connectivity index (χ1v) is 52.1. The second-order valence-electron chi connectivity index (χ2n) is 28.2. The van der Waals surface area contributed by atoms with Gasteiger partial charge >= 0.3 is 81.8 Å². The highest BCUT2D eigenvalue weighted by atomic mass is 31.3. The van der Waals surface area contributed by atoms with Gasteiger partial charge in [-0.15, -0.1) is 0 Å². The zero-order valence-corrected chi connectivity index (χ0v) is 77.3. The van der Waals surface area contributed by atoms with E-state index in [-0.39, 0.29) is 79.3 Å². The fourth-order valence-electron chi connectivity index (χ4n) is 12.5. The van der Waals surface area contributed by atoms with Crippen molar-refractivity contribution in [3.63, 3.8) is 0 Å². The first-order valence-electron chi connectivity index (χ1n) is 38.5. The molecule has 3 fully saturated rings. The molecule has 0 saturated carbocycles. The number of aromatic amines is 5. The number of H-pyrrole nitrogens is 5. The largest absolute Gasteiger partial charge is 0.490 e. The Labute approximate surface area is 765 Å². The summed E-state index contributed by atoms with van der Waals surface area (Å²) >= 11 is 0. The lowest BCUT2D eigenvalue weighted by atomic mass is 10.2. The number of aliphatic hydroxyl groups excluding tert-OH is 3. The number of aryl methyl sites for hydroxylation is 1. The second kappa shape index (κ2) is 45.5. The van der Waals surface area contributed by atoms with Gasteiger partial charge in [0.2, 0.25) is 17.7 Å². The molecule has 13 rings (SSSR count). The molecule has 0 spiro atoms. The number of amides is 3. The van der Waals surface area contributed by atoms with E-state index in [4.69, 9.17) is 49.3 Å². The molecule has 138 heavy (non-hydrogen) atoms. The van der Waals surface area contributed by atoms with E-state index >= 15 is 0 Å². The number of hydrogen-bond donors (Lipinski definition) is 26. The lowest BCUT2D eigenvalue weighted by Gasteiger charge is -2.19. The van der Waals surface area contributed by atoms with E-state index in [1.807, 2.05) is 9.97 Å². The van der Waals surface area contributed by atoms with Gasteiger partial charge in [-0.25, -0.2) is 95.5 Å². The summed E-state index contributed by atoms with van der Waals surface area (Å²) in [6, 6.07) is 0. The second-order valence-corrected chi connectivity index (χ2v) is 41.5. The SMILES string of the molecule is Nc1ncnc2c1c(/C=C/C(=O)NCCNc1ncnc3nc[nH]c13)cn2[C@H]1C[C@@H](O)[C@@H](COP(=O)(O)OP(=O)(O)OP(=O)(O)O)O1.O=C(/C=C/c1cn([C@H]2C[C@@H](O)[C@@H](COP(=O)(O)OP(=O)(O)OP(=O)(O)O)O2)c(=O)[nH]c1=O)NCCCc1nc2c(c(=O)[nH]1)N=CC2.O=C(/C=C/c1cn([C@H]2C[C@@H](O)[C@@H](COP(=O)(O)OP(=O)(O)OP(=O)(O)O)O2)c(=O)[nH]c1=O)NCCNc1ncnc2nc[nH]c12. The average Bonchev–Trinajstić information content (AvgIpc) is 1.61. The number of aliphatic imine (C=N–C) groups is 1. The van der Waals surface area contributed by atoms with E-state index in [2.05, 4.69) is 131 Å². The summed E-state index contributed by atoms with van der Waals surface area (Å²) in [5.41, 5.74) is 5.50. The summed E-state index contributed by atoms with van der Waals surface area (Å²) in [4.78, 5) is 260. The lowest BCUT2D eigenvalue weighted by molar-refractivity contribution is -0.117. The highest BCUT2D eigenvalue weighted by Gasteiger charge is 2.47. The number of nitrogens with zero attached hydrogens (tertiary/aromatic N) is 13. The Morgan fingerprint density at radius 3 is 1.26 bits per heavy atom. The summed E-state index contributed by atoms with van der Waals surface area (Å²) in [6.07, 6.45) is 7.82. The maximum atomic E-state index is 12.5. The van der Waals surface area contributed by atoms with Crippen molar-refractivity contribution in [2.75, 3.05) is 68.9 Å². The number of nitrogens with one attached hydrogen (secondary N) is 10. The minimum atomic E-state index is -5.76. The molecule has 27 N–H and O–H groups in total. The maximum absolute atomic E-state index is 12.5. The molecule has 752 valence electrons. The van der Waals surface area contributed by atoms with Crippen molar-refractivity contribution in [3.05, 3.63) is 149 Å². The number of carbonyl (C=O) groups is 3. The molecule has 6 unspecified atom stereocenters. The number of hydrogen-bond acceptors (Lipinski definition) is 45. The molecule has 9 aromatic heterocycles. The fraction of sp³-hybridized carbons (Fsp3) is 0.377. The molecule has 0 bridgehead atoms. The van der Waals surface area contributed by atoms with Crippen LogP contribution < -0.4 is 60.4 Å². The van der Waals surface area contributed by atoms with E-state index in [9.17, 15) is 124 Å². The van der Waals surface area contributed by atoms with Crippen molar-refractivity contribution in [1.82, 2.24) is 99.4 Å². The molecular weight excluding hydrogens is 2050 g/mol. The van der Waals surface area contributed by atoms with Gasteiger partial charge in [-0.2, -0.15) is 25.9 Å². The Balaban J connectivity index is 0.000000198. The average molecular weight is 2130 g/mol. The lowest BCUT2D eigenvalue weighted by Crippen LogP contribution is -2.33. The van der Waals surface area contributed by atoms with Crippen molar-refractivity contribution in [3.8, 4) is 0 Å². The molecule has 0 aliphatic carbocycles. The molecule has 15 atom stereocenters. The summed E-state index contributed by atoms with van der Waals surface area (Å²) in [6.45, 7) is -1.57. The summed E-state index contributed by atoms with van der Waals surface area (Å²) in [5.74, 6) is -0.0689. The summed E-state index contributed by atoms with van der Waals surface area (Å²) in [5, 5.41) is 45.5. The number of fused-ring (bicyclic) bond motifs is 4. The monoisotopic (exact) mass is 2130 g/mol. The third-order valence-electron chi connectivity index (χ3n) is 18.2. The van der Waals surface area contributed by atoms with E-state index in [1.165, 1.54) is 54.6 Å². The van der Waals surface area contributed by atoms with Gasteiger partial charge < -0.3 is 140 Å². The Kier molecular flexibility index (Phi) is 35.6. The Morgan fingerprint density at radius 1 is 0.464 bits per heavy atom. The minimum Gasteiger partial charge on any atom is -0.390 e. The summed E-state index contributed by atoms with van der Waals surface area (Å²) in [7, 11) is -50.4. The predicted molar refractivity (Wildman–Crippen MR) is 459 cm³/mol. The molecule has 68 nitrogen and oxygen atoms in total. The van der Waals surface area contributed by atoms with Crippen LogP contribution >= 0.6 is 70.4 Å². The van der Waals surface area contributed by atoms with Crippen molar-refractivity contribution in [1.29, 1.82) is 0 Å². The van der Waals surface area contributed by atoms with E-state index < -0.39 is 186 Å². The van der Waals surface area contributed by atoms with Gasteiger partial charge in [0, 0.05) is 113 Å². The highest BCUT2D eigenvalue weighted by molar-refractivity contribution is 7.68. The molecule has 3 amide bonds. The van der Waals surface area contributed by atoms with Gasteiger partial charge in [0.05, 0.1) is 73.0 Å². The van der Waals surface area contributed by atoms with Crippen LogP contribution in [0.15, 0.2) is 97.4 Å². The topological polar surface area (TPSA) is 1010 Å². The van der Waals surface area contributed by atoms with Gasteiger partial charge in [-0.1, -0.05) is 0 Å². The number of anilines is 3. The quantitative estimate of drug-likeness (QED) is 0.0103. The van der Waals surface area contributed by atoms with Crippen LogP contribution in [0, 0.1) is 0 Å². The van der Waals surface area contributed by atoms with Crippen LogP contribution in [0.2, 0.25) is 0 Å². The zero-order valence-electron chi connectivity index (χ0n) is 69.2. The molecule has 9 aromatic rings. The van der Waals surface area contributed by atoms with Gasteiger partial charge in [0.15, 0.2) is 22.9 Å². The third-order valence-corrected chi connectivity index (χ3v) is 29.6. The number of ether oxygens (including phenoxy) is 3. The number of carbonyl (C=O) groups excluding carboxylic acids is 3. The first-order chi connectivity index (χ1) is 64.5. The highest BCUT2D eigenvalue weighted by Crippen LogP contribution is 2.69. The Morgan fingerprint density at radius 2 is 0.848 bits per heavy atom. The van der Waals surface area contributed by atoms with Gasteiger partial charge in [-0.3, -0.25) is 66.4 Å². The molecule has 0 aromatic carbocycles. The maximum Gasteiger partial charge on any atom is 0.490 e. The van der Waals surface area contributed by atoms with Crippen molar-refractivity contribution in [2.45, 2.75) is 93.8 Å². The fourth-order valence-corrected chi connectivity index (χ4v) is 21.6. The molecular formula is C61H79N24O44P9. The number of imidazole rings is 2. The molecule has 13 heterocycles. The molecule has 3 saturated heterocycles. The third kappa shape index (κ3) is 31.8. The van der Waals surface area contributed by atoms with E-state index in [1.54, 1.807) is 6.21 Å². The van der Waals surface area contributed by atoms with Gasteiger partial charge in [0.25, 0.3) is 16.7 Å². The van der Waals surface area contributed by atoms with Crippen molar-refractivity contribution >= 4 is 169 Å². The number of phosphoric ester groups is 3. The molecule has 0 radical (unpaired) electrons. The number of aliphatic hydroxyl groups is 3. The van der Waals surface area contributed by atoms with Crippen molar-refractivity contribution < 1.29 is 183 Å². The smallest absolute Gasteiger partial charge is 0.390 e. The molecule has 77 heteroatoms.